The molecule has 1 unspecified atom stereocenters. The largest absolute Gasteiger partial charge is 0.481 e. The van der Waals surface area contributed by atoms with E-state index in [1.807, 2.05) is 0 Å². The molecule has 1 saturated heterocycles. The lowest BCUT2D eigenvalue weighted by Gasteiger charge is -2.25. The number of rotatable bonds is 5. The zero-order valence-corrected chi connectivity index (χ0v) is 13.7. The van der Waals surface area contributed by atoms with E-state index in [-0.39, 0.29) is 30.1 Å². The van der Waals surface area contributed by atoms with Crippen molar-refractivity contribution in [3.8, 4) is 5.75 Å². The summed E-state index contributed by atoms with van der Waals surface area (Å²) in [6, 6.07) is 7.11. The highest BCUT2D eigenvalue weighted by molar-refractivity contribution is 5.94. The van der Waals surface area contributed by atoms with E-state index < -0.39 is 6.10 Å². The fraction of sp³-hybridized carbons (Fsp3) is 0.500. The van der Waals surface area contributed by atoms with Gasteiger partial charge in [0.2, 0.25) is 0 Å². The number of carbonyl (C=O) groups is 2. The molecule has 2 N–H and O–H groups in total. The van der Waals surface area contributed by atoms with Gasteiger partial charge >= 0.3 is 0 Å². The molecule has 0 spiro atoms. The third-order valence-electron chi connectivity index (χ3n) is 3.61. The highest BCUT2D eigenvalue weighted by Crippen LogP contribution is 2.15. The molecule has 1 atom stereocenters. The van der Waals surface area contributed by atoms with Crippen molar-refractivity contribution in [3.63, 3.8) is 0 Å². The van der Waals surface area contributed by atoms with E-state index in [9.17, 15) is 9.59 Å². The van der Waals surface area contributed by atoms with Crippen LogP contribution in [0.1, 0.15) is 37.0 Å². The maximum absolute atomic E-state index is 12.1. The standard InChI is InChI=1S/C16H22N2O3.ClH/c1-11(19)13-4-3-5-15(10-13)21-12(2)16(20)18-14-6-8-17-9-7-14;/h3-5,10,12,14,17H,6-9H2,1-2H3,(H,18,20);1H. The number of amides is 1. The van der Waals surface area contributed by atoms with E-state index in [0.717, 1.165) is 25.9 Å². The Bertz CT molecular complexity index is 516. The average Bonchev–Trinajstić information content (AvgIpc) is 2.48. The minimum atomic E-state index is -0.581. The maximum atomic E-state index is 12.1. The molecule has 1 amide bonds. The Labute approximate surface area is 137 Å². The van der Waals surface area contributed by atoms with E-state index in [1.54, 1.807) is 31.2 Å². The number of hydrogen-bond donors (Lipinski definition) is 2. The number of piperidine rings is 1. The molecular weight excluding hydrogens is 304 g/mol. The zero-order chi connectivity index (χ0) is 15.2. The van der Waals surface area contributed by atoms with E-state index in [2.05, 4.69) is 10.6 Å². The van der Waals surface area contributed by atoms with Gasteiger partial charge in [-0.25, -0.2) is 0 Å². The van der Waals surface area contributed by atoms with Gasteiger partial charge < -0.3 is 15.4 Å². The van der Waals surface area contributed by atoms with Gasteiger partial charge in [-0.3, -0.25) is 9.59 Å². The lowest BCUT2D eigenvalue weighted by Crippen LogP contribution is -2.46. The van der Waals surface area contributed by atoms with Crippen LogP contribution in [0.2, 0.25) is 0 Å². The summed E-state index contributed by atoms with van der Waals surface area (Å²) < 4.78 is 5.63. The summed E-state index contributed by atoms with van der Waals surface area (Å²) in [6.07, 6.45) is 1.30. The Morgan fingerprint density at radius 1 is 1.32 bits per heavy atom. The molecule has 0 saturated carbocycles. The minimum absolute atomic E-state index is 0. The topological polar surface area (TPSA) is 67.4 Å². The van der Waals surface area contributed by atoms with Crippen molar-refractivity contribution in [2.45, 2.75) is 38.8 Å². The molecule has 1 heterocycles. The Balaban J connectivity index is 0.00000242. The molecule has 2 rings (SSSR count). The SMILES string of the molecule is CC(=O)c1cccc(OC(C)C(=O)NC2CCNCC2)c1.Cl. The van der Waals surface area contributed by atoms with Gasteiger partial charge in [0.05, 0.1) is 0 Å². The fourth-order valence-corrected chi connectivity index (χ4v) is 2.33. The van der Waals surface area contributed by atoms with Crippen molar-refractivity contribution in [1.29, 1.82) is 0 Å². The van der Waals surface area contributed by atoms with Gasteiger partial charge in [-0.15, -0.1) is 12.4 Å². The van der Waals surface area contributed by atoms with E-state index in [1.165, 1.54) is 6.92 Å². The van der Waals surface area contributed by atoms with Crippen molar-refractivity contribution in [1.82, 2.24) is 10.6 Å². The Kier molecular flexibility index (Phi) is 7.35. The number of carbonyl (C=O) groups excluding carboxylic acids is 2. The van der Waals surface area contributed by atoms with Gasteiger partial charge in [-0.2, -0.15) is 0 Å². The highest BCUT2D eigenvalue weighted by Gasteiger charge is 2.20. The number of ketones is 1. The van der Waals surface area contributed by atoms with Crippen LogP contribution < -0.4 is 15.4 Å². The predicted octanol–water partition coefficient (Wildman–Crippen LogP) is 1.95. The second kappa shape index (κ2) is 8.76. The van der Waals surface area contributed by atoms with Crippen molar-refractivity contribution in [3.05, 3.63) is 29.8 Å². The number of Topliss-reactive ketones (excluding diaryl/α,β-unsaturated/α-hetero) is 1. The summed E-state index contributed by atoms with van der Waals surface area (Å²) in [4.78, 5) is 23.5. The van der Waals surface area contributed by atoms with Crippen molar-refractivity contribution >= 4 is 24.1 Å². The lowest BCUT2D eigenvalue weighted by atomic mass is 10.1. The van der Waals surface area contributed by atoms with E-state index in [4.69, 9.17) is 4.74 Å². The van der Waals surface area contributed by atoms with Crippen molar-refractivity contribution in [2.24, 2.45) is 0 Å². The van der Waals surface area contributed by atoms with Crippen LogP contribution in [0.3, 0.4) is 0 Å². The van der Waals surface area contributed by atoms with Crippen LogP contribution in [0.25, 0.3) is 0 Å². The molecule has 0 aliphatic carbocycles. The minimum Gasteiger partial charge on any atom is -0.481 e. The van der Waals surface area contributed by atoms with Crippen LogP contribution in [0.15, 0.2) is 24.3 Å². The van der Waals surface area contributed by atoms with Gasteiger partial charge in [0.1, 0.15) is 5.75 Å². The first-order valence-corrected chi connectivity index (χ1v) is 7.35. The Hall–Kier alpha value is -1.59. The van der Waals surface area contributed by atoms with Gasteiger partial charge in [0, 0.05) is 11.6 Å². The molecule has 1 aliphatic heterocycles. The van der Waals surface area contributed by atoms with Crippen LogP contribution in [0.4, 0.5) is 0 Å². The molecule has 1 aromatic carbocycles. The molecule has 0 bridgehead atoms. The quantitative estimate of drug-likeness (QED) is 0.812. The molecule has 6 heteroatoms. The molecule has 5 nitrogen and oxygen atoms in total. The zero-order valence-electron chi connectivity index (χ0n) is 12.9. The van der Waals surface area contributed by atoms with Gasteiger partial charge in [-0.05, 0) is 51.9 Å². The second-order valence-corrected chi connectivity index (χ2v) is 5.38. The predicted molar refractivity (Wildman–Crippen MR) is 87.8 cm³/mol. The van der Waals surface area contributed by atoms with E-state index in [0.29, 0.717) is 11.3 Å². The van der Waals surface area contributed by atoms with Gasteiger partial charge in [0.25, 0.3) is 5.91 Å². The first-order valence-electron chi connectivity index (χ1n) is 7.35. The van der Waals surface area contributed by atoms with Gasteiger partial charge in [-0.1, -0.05) is 12.1 Å². The summed E-state index contributed by atoms with van der Waals surface area (Å²) in [6.45, 7) is 5.09. The highest BCUT2D eigenvalue weighted by atomic mass is 35.5. The third-order valence-corrected chi connectivity index (χ3v) is 3.61. The number of nitrogens with one attached hydrogen (secondary N) is 2. The number of hydrogen-bond acceptors (Lipinski definition) is 4. The second-order valence-electron chi connectivity index (χ2n) is 5.38. The van der Waals surface area contributed by atoms with Gasteiger partial charge in [0.15, 0.2) is 11.9 Å². The third kappa shape index (κ3) is 5.31. The number of ether oxygens (including phenoxy) is 1. The summed E-state index contributed by atoms with van der Waals surface area (Å²) in [5, 5.41) is 6.26. The summed E-state index contributed by atoms with van der Waals surface area (Å²) >= 11 is 0. The molecule has 0 aromatic heterocycles. The molecule has 1 aromatic rings. The average molecular weight is 327 g/mol. The monoisotopic (exact) mass is 326 g/mol. The molecule has 122 valence electrons. The van der Waals surface area contributed by atoms with E-state index >= 15 is 0 Å². The molecular formula is C16H23ClN2O3. The molecule has 0 radical (unpaired) electrons. The fourth-order valence-electron chi connectivity index (χ4n) is 2.33. The lowest BCUT2D eigenvalue weighted by molar-refractivity contribution is -0.128. The Morgan fingerprint density at radius 2 is 2.00 bits per heavy atom. The normalized spacial score (nSPS) is 16.3. The molecule has 1 fully saturated rings. The first-order chi connectivity index (χ1) is 10.1. The summed E-state index contributed by atoms with van der Waals surface area (Å²) in [7, 11) is 0. The molecule has 22 heavy (non-hydrogen) atoms. The van der Waals surface area contributed by atoms with Crippen LogP contribution >= 0.6 is 12.4 Å². The van der Waals surface area contributed by atoms with Crippen molar-refractivity contribution in [2.75, 3.05) is 13.1 Å². The van der Waals surface area contributed by atoms with Crippen LogP contribution in [0, 0.1) is 0 Å². The number of benzene rings is 1. The maximum Gasteiger partial charge on any atom is 0.260 e. The smallest absolute Gasteiger partial charge is 0.260 e. The molecule has 1 aliphatic rings. The van der Waals surface area contributed by atoms with Crippen LogP contribution in [0.5, 0.6) is 5.75 Å². The Morgan fingerprint density at radius 3 is 2.64 bits per heavy atom. The van der Waals surface area contributed by atoms with Crippen LogP contribution in [-0.2, 0) is 4.79 Å². The van der Waals surface area contributed by atoms with Crippen LogP contribution in [-0.4, -0.2) is 36.9 Å². The summed E-state index contributed by atoms with van der Waals surface area (Å²) in [5.74, 6) is 0.401. The number of halogens is 1. The van der Waals surface area contributed by atoms with Crippen molar-refractivity contribution < 1.29 is 14.3 Å². The first kappa shape index (κ1) is 18.5. The summed E-state index contributed by atoms with van der Waals surface area (Å²) in [5.41, 5.74) is 0.582.